The van der Waals surface area contributed by atoms with Gasteiger partial charge in [-0.3, -0.25) is 4.79 Å². The lowest BCUT2D eigenvalue weighted by Crippen LogP contribution is -2.12. The lowest BCUT2D eigenvalue weighted by molar-refractivity contribution is 0.185. The average Bonchev–Trinajstić information content (AvgIpc) is 3.02. The molecular formula is C17H20N2O2. The van der Waals surface area contributed by atoms with Crippen molar-refractivity contribution in [3.8, 4) is 11.4 Å². The molecule has 0 amide bonds. The van der Waals surface area contributed by atoms with Gasteiger partial charge in [-0.2, -0.15) is 0 Å². The molecule has 0 radical (unpaired) electrons. The van der Waals surface area contributed by atoms with Crippen molar-refractivity contribution in [1.82, 2.24) is 9.97 Å². The third-order valence-corrected chi connectivity index (χ3v) is 4.11. The highest BCUT2D eigenvalue weighted by Crippen LogP contribution is 2.33. The van der Waals surface area contributed by atoms with Crippen LogP contribution in [0.2, 0.25) is 0 Å². The Labute approximate surface area is 124 Å². The van der Waals surface area contributed by atoms with Gasteiger partial charge in [0.2, 0.25) is 0 Å². The molecule has 0 spiro atoms. The highest BCUT2D eigenvalue weighted by Gasteiger charge is 2.20. The molecule has 4 heteroatoms. The Morgan fingerprint density at radius 3 is 2.81 bits per heavy atom. The molecule has 0 aliphatic heterocycles. The lowest BCUT2D eigenvalue weighted by Gasteiger charge is -2.12. The number of hydrogen-bond donors (Lipinski definition) is 1. The van der Waals surface area contributed by atoms with Crippen molar-refractivity contribution in [2.75, 3.05) is 7.11 Å². The zero-order chi connectivity index (χ0) is 14.7. The minimum absolute atomic E-state index is 0.0749. The fourth-order valence-electron chi connectivity index (χ4n) is 3.07. The number of nitrogens with one attached hydrogen (secondary N) is 1. The lowest BCUT2D eigenvalue weighted by atomic mass is 10.0. The minimum atomic E-state index is -0.0749. The smallest absolute Gasteiger partial charge is 0.251 e. The first-order chi connectivity index (χ1) is 10.3. The number of benzene rings is 1. The molecule has 110 valence electrons. The van der Waals surface area contributed by atoms with Crippen molar-refractivity contribution < 1.29 is 4.74 Å². The molecule has 1 aromatic carbocycles. The normalized spacial score (nSPS) is 15.5. The number of ether oxygens (including phenoxy) is 1. The first-order valence-electron chi connectivity index (χ1n) is 7.46. The number of aromatic amines is 1. The fourth-order valence-corrected chi connectivity index (χ4v) is 3.07. The fraction of sp³-hybridized carbons (Fsp3) is 0.412. The van der Waals surface area contributed by atoms with Gasteiger partial charge in [-0.25, -0.2) is 4.98 Å². The number of aromatic nitrogens is 2. The van der Waals surface area contributed by atoms with Crippen molar-refractivity contribution in [1.29, 1.82) is 0 Å². The van der Waals surface area contributed by atoms with Gasteiger partial charge in [-0.1, -0.05) is 37.1 Å². The van der Waals surface area contributed by atoms with E-state index in [0.717, 1.165) is 29.7 Å². The van der Waals surface area contributed by atoms with Crippen LogP contribution in [0, 0.1) is 0 Å². The molecule has 3 rings (SSSR count). The van der Waals surface area contributed by atoms with E-state index < -0.39 is 0 Å². The Morgan fingerprint density at radius 1 is 1.29 bits per heavy atom. The minimum Gasteiger partial charge on any atom is -0.380 e. The van der Waals surface area contributed by atoms with Gasteiger partial charge in [0.15, 0.2) is 0 Å². The van der Waals surface area contributed by atoms with Crippen LogP contribution >= 0.6 is 0 Å². The van der Waals surface area contributed by atoms with Crippen LogP contribution in [0.15, 0.2) is 35.1 Å². The van der Waals surface area contributed by atoms with E-state index in [1.807, 2.05) is 24.3 Å². The molecule has 1 N–H and O–H groups in total. The molecule has 0 atom stereocenters. The number of H-pyrrole nitrogens is 1. The third-order valence-electron chi connectivity index (χ3n) is 4.11. The molecule has 1 aliphatic carbocycles. The SMILES string of the molecule is COCc1ccccc1-c1nc(C2CCCC2)cc(=O)[nH]1. The first kappa shape index (κ1) is 14.0. The van der Waals surface area contributed by atoms with Crippen LogP contribution in [0.3, 0.4) is 0 Å². The van der Waals surface area contributed by atoms with E-state index in [1.165, 1.54) is 12.8 Å². The summed E-state index contributed by atoms with van der Waals surface area (Å²) in [7, 11) is 1.67. The Kier molecular flexibility index (Phi) is 4.15. The largest absolute Gasteiger partial charge is 0.380 e. The molecule has 4 nitrogen and oxygen atoms in total. The summed E-state index contributed by atoms with van der Waals surface area (Å²) >= 11 is 0. The van der Waals surface area contributed by atoms with Crippen LogP contribution in [-0.4, -0.2) is 17.1 Å². The summed E-state index contributed by atoms with van der Waals surface area (Å²) in [5.74, 6) is 1.08. The predicted molar refractivity (Wildman–Crippen MR) is 82.2 cm³/mol. The Hall–Kier alpha value is -1.94. The van der Waals surface area contributed by atoms with Crippen molar-refractivity contribution in [2.45, 2.75) is 38.2 Å². The van der Waals surface area contributed by atoms with Crippen LogP contribution in [0.25, 0.3) is 11.4 Å². The van der Waals surface area contributed by atoms with E-state index in [-0.39, 0.29) is 5.56 Å². The Morgan fingerprint density at radius 2 is 2.05 bits per heavy atom. The maximum atomic E-state index is 12.0. The molecule has 1 saturated carbocycles. The second-order valence-corrected chi connectivity index (χ2v) is 5.59. The van der Waals surface area contributed by atoms with E-state index in [1.54, 1.807) is 13.2 Å². The molecular weight excluding hydrogens is 264 g/mol. The van der Waals surface area contributed by atoms with Crippen LogP contribution in [0.4, 0.5) is 0 Å². The molecule has 1 heterocycles. The summed E-state index contributed by atoms with van der Waals surface area (Å²) in [6.45, 7) is 0.507. The van der Waals surface area contributed by atoms with E-state index in [4.69, 9.17) is 9.72 Å². The van der Waals surface area contributed by atoms with Crippen LogP contribution in [-0.2, 0) is 11.3 Å². The van der Waals surface area contributed by atoms with E-state index >= 15 is 0 Å². The quantitative estimate of drug-likeness (QED) is 0.937. The van der Waals surface area contributed by atoms with Crippen molar-refractivity contribution >= 4 is 0 Å². The van der Waals surface area contributed by atoms with Gasteiger partial charge in [-0.05, 0) is 18.4 Å². The predicted octanol–water partition coefficient (Wildman–Crippen LogP) is 3.24. The maximum absolute atomic E-state index is 12.0. The zero-order valence-electron chi connectivity index (χ0n) is 12.3. The first-order valence-corrected chi connectivity index (χ1v) is 7.46. The average molecular weight is 284 g/mol. The molecule has 0 saturated heterocycles. The monoisotopic (exact) mass is 284 g/mol. The van der Waals surface area contributed by atoms with E-state index in [2.05, 4.69) is 4.98 Å². The molecule has 0 unspecified atom stereocenters. The number of hydrogen-bond acceptors (Lipinski definition) is 3. The second-order valence-electron chi connectivity index (χ2n) is 5.59. The summed E-state index contributed by atoms with van der Waals surface area (Å²) in [4.78, 5) is 19.6. The topological polar surface area (TPSA) is 55.0 Å². The molecule has 1 aromatic heterocycles. The van der Waals surface area contributed by atoms with Gasteiger partial charge >= 0.3 is 0 Å². The van der Waals surface area contributed by atoms with E-state index in [0.29, 0.717) is 18.3 Å². The highest BCUT2D eigenvalue weighted by molar-refractivity contribution is 5.60. The summed E-state index contributed by atoms with van der Waals surface area (Å²) in [5.41, 5.74) is 2.83. The summed E-state index contributed by atoms with van der Waals surface area (Å²) < 4.78 is 5.23. The van der Waals surface area contributed by atoms with Gasteiger partial charge < -0.3 is 9.72 Å². The highest BCUT2D eigenvalue weighted by atomic mass is 16.5. The van der Waals surface area contributed by atoms with Crippen LogP contribution in [0.1, 0.15) is 42.9 Å². The van der Waals surface area contributed by atoms with Gasteiger partial charge in [0.05, 0.1) is 12.3 Å². The zero-order valence-corrected chi connectivity index (χ0v) is 12.3. The molecule has 2 aromatic rings. The summed E-state index contributed by atoms with van der Waals surface area (Å²) in [5, 5.41) is 0. The second kappa shape index (κ2) is 6.22. The standard InChI is InChI=1S/C17H20N2O2/c1-21-11-13-8-4-5-9-14(13)17-18-15(10-16(20)19-17)12-6-2-3-7-12/h4-5,8-10,12H,2-3,6-7,11H2,1H3,(H,18,19,20). The Bertz CT molecular complexity index is 672. The molecule has 1 fully saturated rings. The molecule has 21 heavy (non-hydrogen) atoms. The van der Waals surface area contributed by atoms with Crippen LogP contribution < -0.4 is 5.56 Å². The molecule has 1 aliphatic rings. The van der Waals surface area contributed by atoms with Crippen LogP contribution in [0.5, 0.6) is 0 Å². The van der Waals surface area contributed by atoms with Crippen molar-refractivity contribution in [2.24, 2.45) is 0 Å². The number of methoxy groups -OCH3 is 1. The van der Waals surface area contributed by atoms with Gasteiger partial charge in [-0.15, -0.1) is 0 Å². The van der Waals surface area contributed by atoms with E-state index in [9.17, 15) is 4.79 Å². The Balaban J connectivity index is 2.04. The van der Waals surface area contributed by atoms with Gasteiger partial charge in [0.1, 0.15) is 5.82 Å². The summed E-state index contributed by atoms with van der Waals surface area (Å²) in [6, 6.07) is 9.55. The number of rotatable bonds is 4. The third kappa shape index (κ3) is 3.05. The summed E-state index contributed by atoms with van der Waals surface area (Å²) in [6.07, 6.45) is 4.73. The van der Waals surface area contributed by atoms with Gasteiger partial charge in [0.25, 0.3) is 5.56 Å². The maximum Gasteiger partial charge on any atom is 0.251 e. The van der Waals surface area contributed by atoms with Gasteiger partial charge in [0, 0.05) is 24.7 Å². The number of nitrogens with zero attached hydrogens (tertiary/aromatic N) is 1. The van der Waals surface area contributed by atoms with Crippen molar-refractivity contribution in [3.05, 3.63) is 51.9 Å². The molecule has 0 bridgehead atoms. The van der Waals surface area contributed by atoms with Crippen molar-refractivity contribution in [3.63, 3.8) is 0 Å².